The molecular weight excluding hydrogens is 460 g/mol. The molecule has 0 saturated carbocycles. The van der Waals surface area contributed by atoms with E-state index in [1.54, 1.807) is 13.1 Å². The van der Waals surface area contributed by atoms with E-state index < -0.39 is 0 Å². The van der Waals surface area contributed by atoms with Crippen LogP contribution in [0.1, 0.15) is 17.0 Å². The molecule has 0 radical (unpaired) electrons. The van der Waals surface area contributed by atoms with Crippen LogP contribution in [0.25, 0.3) is 0 Å². The summed E-state index contributed by atoms with van der Waals surface area (Å²) in [7, 11) is 1.79. The van der Waals surface area contributed by atoms with Gasteiger partial charge in [0.2, 0.25) is 0 Å². The van der Waals surface area contributed by atoms with E-state index in [-0.39, 0.29) is 29.8 Å². The number of halogens is 2. The summed E-state index contributed by atoms with van der Waals surface area (Å²) in [6.07, 6.45) is 0.843. The van der Waals surface area contributed by atoms with Crippen molar-refractivity contribution in [2.24, 2.45) is 4.99 Å². The summed E-state index contributed by atoms with van der Waals surface area (Å²) in [4.78, 5) is 8.69. The second-order valence-electron chi connectivity index (χ2n) is 6.45. The Kier molecular flexibility index (Phi) is 7.88. The van der Waals surface area contributed by atoms with Crippen molar-refractivity contribution in [3.05, 3.63) is 47.1 Å². The summed E-state index contributed by atoms with van der Waals surface area (Å²) in [5.74, 6) is 1.59. The van der Waals surface area contributed by atoms with Gasteiger partial charge in [-0.1, -0.05) is 17.3 Å². The molecule has 0 atom stereocenters. The molecular formula is C19H27FIN5O. The zero-order chi connectivity index (χ0) is 18.5. The van der Waals surface area contributed by atoms with Crippen molar-refractivity contribution < 1.29 is 8.91 Å². The third kappa shape index (κ3) is 5.12. The first-order chi connectivity index (χ1) is 12.6. The summed E-state index contributed by atoms with van der Waals surface area (Å²) in [6, 6.07) is 6.94. The highest BCUT2D eigenvalue weighted by Crippen LogP contribution is 2.20. The Morgan fingerprint density at radius 2 is 1.93 bits per heavy atom. The third-order valence-electron chi connectivity index (χ3n) is 4.82. The van der Waals surface area contributed by atoms with Crippen molar-refractivity contribution in [3.8, 4) is 0 Å². The smallest absolute Gasteiger partial charge is 0.193 e. The van der Waals surface area contributed by atoms with Crippen LogP contribution in [0, 0.1) is 19.7 Å². The Morgan fingerprint density at radius 3 is 2.52 bits per heavy atom. The number of nitrogens with zero attached hydrogens (tertiary/aromatic N) is 4. The predicted molar refractivity (Wildman–Crippen MR) is 117 cm³/mol. The third-order valence-corrected chi connectivity index (χ3v) is 4.82. The second-order valence-corrected chi connectivity index (χ2v) is 6.45. The van der Waals surface area contributed by atoms with E-state index in [1.807, 2.05) is 26.0 Å². The zero-order valence-electron chi connectivity index (χ0n) is 16.0. The highest BCUT2D eigenvalue weighted by molar-refractivity contribution is 14.0. The van der Waals surface area contributed by atoms with Gasteiger partial charge >= 0.3 is 0 Å². The molecule has 1 aliphatic heterocycles. The van der Waals surface area contributed by atoms with Crippen LogP contribution in [0.3, 0.4) is 0 Å². The Bertz CT molecular complexity index is 752. The van der Waals surface area contributed by atoms with Crippen molar-refractivity contribution in [1.82, 2.24) is 15.4 Å². The SMILES string of the molecule is CN=C(NCCc1c(C)noc1C)N1CCN(c2ccccc2F)CC1.I. The zero-order valence-corrected chi connectivity index (χ0v) is 18.4. The molecule has 148 valence electrons. The molecule has 8 heteroatoms. The van der Waals surface area contributed by atoms with Crippen LogP contribution in [0.2, 0.25) is 0 Å². The van der Waals surface area contributed by atoms with Gasteiger partial charge in [0.25, 0.3) is 0 Å². The number of para-hydroxylation sites is 1. The second kappa shape index (κ2) is 9.91. The Balaban J connectivity index is 0.00000261. The number of benzene rings is 1. The molecule has 0 aliphatic carbocycles. The number of anilines is 1. The largest absolute Gasteiger partial charge is 0.366 e. The fourth-order valence-corrected chi connectivity index (χ4v) is 3.36. The number of aliphatic imine (C=N–C) groups is 1. The van der Waals surface area contributed by atoms with Crippen molar-refractivity contribution in [2.75, 3.05) is 44.7 Å². The minimum Gasteiger partial charge on any atom is -0.366 e. The summed E-state index contributed by atoms with van der Waals surface area (Å²) in [6.45, 7) is 7.81. The van der Waals surface area contributed by atoms with E-state index >= 15 is 0 Å². The molecule has 0 unspecified atom stereocenters. The molecule has 1 saturated heterocycles. The molecule has 1 fully saturated rings. The van der Waals surface area contributed by atoms with E-state index in [0.29, 0.717) is 5.69 Å². The summed E-state index contributed by atoms with van der Waals surface area (Å²) in [5.41, 5.74) is 2.77. The number of hydrogen-bond acceptors (Lipinski definition) is 4. The van der Waals surface area contributed by atoms with Gasteiger partial charge in [0.05, 0.1) is 11.4 Å². The van der Waals surface area contributed by atoms with Gasteiger partial charge in [0, 0.05) is 45.3 Å². The molecule has 2 aromatic rings. The topological polar surface area (TPSA) is 56.9 Å². The van der Waals surface area contributed by atoms with E-state index in [1.165, 1.54) is 6.07 Å². The molecule has 1 N–H and O–H groups in total. The lowest BCUT2D eigenvalue weighted by molar-refractivity contribution is 0.371. The molecule has 1 aromatic heterocycles. The van der Waals surface area contributed by atoms with Crippen molar-refractivity contribution in [2.45, 2.75) is 20.3 Å². The number of aromatic nitrogens is 1. The van der Waals surface area contributed by atoms with Gasteiger partial charge in [0.1, 0.15) is 11.6 Å². The first-order valence-corrected chi connectivity index (χ1v) is 8.97. The first-order valence-electron chi connectivity index (χ1n) is 8.97. The Morgan fingerprint density at radius 1 is 1.22 bits per heavy atom. The fraction of sp³-hybridized carbons (Fsp3) is 0.474. The van der Waals surface area contributed by atoms with E-state index in [0.717, 1.165) is 62.1 Å². The molecule has 2 heterocycles. The fourth-order valence-electron chi connectivity index (χ4n) is 3.36. The maximum atomic E-state index is 14.0. The number of nitrogens with one attached hydrogen (secondary N) is 1. The molecule has 0 amide bonds. The van der Waals surface area contributed by atoms with Gasteiger partial charge in [0.15, 0.2) is 5.96 Å². The van der Waals surface area contributed by atoms with Crippen LogP contribution in [0.4, 0.5) is 10.1 Å². The van der Waals surface area contributed by atoms with Gasteiger partial charge in [-0.2, -0.15) is 0 Å². The summed E-state index contributed by atoms with van der Waals surface area (Å²) < 4.78 is 19.2. The Labute approximate surface area is 176 Å². The maximum Gasteiger partial charge on any atom is 0.193 e. The molecule has 1 aromatic carbocycles. The molecule has 3 rings (SSSR count). The standard InChI is InChI=1S/C19H26FN5O.HI/c1-14-16(15(2)26-23-14)8-9-22-19(21-3)25-12-10-24(11-13-25)18-7-5-4-6-17(18)20;/h4-7H,8-13H2,1-3H3,(H,21,22);1H. The average molecular weight is 487 g/mol. The predicted octanol–water partition coefficient (Wildman–Crippen LogP) is 2.99. The number of hydrogen-bond donors (Lipinski definition) is 1. The van der Waals surface area contributed by atoms with E-state index in [4.69, 9.17) is 4.52 Å². The van der Waals surface area contributed by atoms with Crippen LogP contribution >= 0.6 is 24.0 Å². The van der Waals surface area contributed by atoms with Crippen LogP contribution in [-0.4, -0.2) is 55.8 Å². The Hall–Kier alpha value is -1.84. The molecule has 6 nitrogen and oxygen atoms in total. The van der Waals surface area contributed by atoms with Gasteiger partial charge in [-0.05, 0) is 32.4 Å². The van der Waals surface area contributed by atoms with Crippen molar-refractivity contribution in [1.29, 1.82) is 0 Å². The van der Waals surface area contributed by atoms with Gasteiger partial charge in [-0.15, -0.1) is 24.0 Å². The highest BCUT2D eigenvalue weighted by atomic mass is 127. The molecule has 27 heavy (non-hydrogen) atoms. The minimum absolute atomic E-state index is 0. The lowest BCUT2D eigenvalue weighted by atomic mass is 10.1. The summed E-state index contributed by atoms with van der Waals surface area (Å²) in [5, 5.41) is 7.40. The van der Waals surface area contributed by atoms with Crippen LogP contribution in [0.5, 0.6) is 0 Å². The lowest BCUT2D eigenvalue weighted by Crippen LogP contribution is -2.53. The molecule has 0 spiro atoms. The number of aryl methyl sites for hydroxylation is 2. The van der Waals surface area contributed by atoms with E-state index in [9.17, 15) is 4.39 Å². The average Bonchev–Trinajstić information content (AvgIpc) is 2.98. The first kappa shape index (κ1) is 21.5. The highest BCUT2D eigenvalue weighted by Gasteiger charge is 2.21. The van der Waals surface area contributed by atoms with Crippen molar-refractivity contribution >= 4 is 35.6 Å². The van der Waals surface area contributed by atoms with Crippen LogP contribution in [-0.2, 0) is 6.42 Å². The number of piperazine rings is 1. The van der Waals surface area contributed by atoms with Gasteiger partial charge in [-0.3, -0.25) is 4.99 Å². The number of rotatable bonds is 4. The minimum atomic E-state index is -0.164. The summed E-state index contributed by atoms with van der Waals surface area (Å²) >= 11 is 0. The van der Waals surface area contributed by atoms with Crippen LogP contribution < -0.4 is 10.2 Å². The van der Waals surface area contributed by atoms with Crippen LogP contribution in [0.15, 0.2) is 33.8 Å². The molecule has 1 aliphatic rings. The quantitative estimate of drug-likeness (QED) is 0.409. The monoisotopic (exact) mass is 487 g/mol. The van der Waals surface area contributed by atoms with Crippen molar-refractivity contribution in [3.63, 3.8) is 0 Å². The lowest BCUT2D eigenvalue weighted by Gasteiger charge is -2.37. The number of guanidine groups is 1. The van der Waals surface area contributed by atoms with Gasteiger partial charge in [-0.25, -0.2) is 4.39 Å². The normalized spacial score (nSPS) is 14.9. The van der Waals surface area contributed by atoms with E-state index in [2.05, 4.69) is 25.3 Å². The maximum absolute atomic E-state index is 14.0. The molecule has 0 bridgehead atoms. The van der Waals surface area contributed by atoms with Gasteiger partial charge < -0.3 is 19.6 Å².